The van der Waals surface area contributed by atoms with Gasteiger partial charge in [0.15, 0.2) is 23.0 Å². The van der Waals surface area contributed by atoms with E-state index in [0.29, 0.717) is 23.0 Å². The maximum atomic E-state index is 12.6. The van der Waals surface area contributed by atoms with Crippen molar-refractivity contribution < 1.29 is 14.3 Å². The van der Waals surface area contributed by atoms with E-state index in [9.17, 15) is 4.79 Å². The van der Waals surface area contributed by atoms with Gasteiger partial charge in [-0.2, -0.15) is 0 Å². The molecule has 8 nitrogen and oxygen atoms in total. The molecule has 2 aromatic rings. The lowest BCUT2D eigenvalue weighted by Crippen LogP contribution is -2.48. The molecule has 0 spiro atoms. The van der Waals surface area contributed by atoms with Crippen molar-refractivity contribution in [2.24, 2.45) is 0 Å². The summed E-state index contributed by atoms with van der Waals surface area (Å²) >= 11 is 0. The lowest BCUT2D eigenvalue weighted by molar-refractivity contribution is 0.0636. The number of likely N-dealkylation sites (N-methyl/N-ethyl adjacent to an activating group) is 1. The Hall–Kier alpha value is -2.87. The Balaban J connectivity index is 1.64. The van der Waals surface area contributed by atoms with Crippen LogP contribution >= 0.6 is 0 Å². The molecule has 1 aliphatic rings. The van der Waals surface area contributed by atoms with E-state index < -0.39 is 0 Å². The Labute approximate surface area is 159 Å². The van der Waals surface area contributed by atoms with Crippen LogP contribution in [0.3, 0.4) is 0 Å². The lowest BCUT2D eigenvalue weighted by Gasteiger charge is -2.33. The van der Waals surface area contributed by atoms with Crippen molar-refractivity contribution in [1.29, 1.82) is 0 Å². The van der Waals surface area contributed by atoms with E-state index in [1.165, 1.54) is 0 Å². The number of ether oxygens (including phenoxy) is 2. The second kappa shape index (κ2) is 8.68. The molecule has 27 heavy (non-hydrogen) atoms. The highest BCUT2D eigenvalue weighted by Crippen LogP contribution is 2.30. The van der Waals surface area contributed by atoms with Crippen LogP contribution in [0, 0.1) is 0 Å². The first-order chi connectivity index (χ1) is 13.1. The number of carbonyl (C=O) groups excluding carboxylic acids is 1. The first-order valence-corrected chi connectivity index (χ1v) is 8.99. The molecule has 0 radical (unpaired) electrons. The molecule has 144 valence electrons. The van der Waals surface area contributed by atoms with Crippen molar-refractivity contribution in [1.82, 2.24) is 20.0 Å². The van der Waals surface area contributed by atoms with Gasteiger partial charge in [0.1, 0.15) is 0 Å². The van der Waals surface area contributed by atoms with Crippen LogP contribution in [-0.4, -0.2) is 72.8 Å². The topological polar surface area (TPSA) is 79.8 Å². The third kappa shape index (κ3) is 4.46. The minimum atomic E-state index is -0.0732. The Morgan fingerprint density at radius 2 is 1.78 bits per heavy atom. The highest BCUT2D eigenvalue weighted by atomic mass is 16.5. The number of hydrogen-bond acceptors (Lipinski definition) is 7. The molecule has 0 saturated carbocycles. The summed E-state index contributed by atoms with van der Waals surface area (Å²) in [6.45, 7) is 6.38. The molecule has 1 fully saturated rings. The van der Waals surface area contributed by atoms with E-state index in [2.05, 4.69) is 27.3 Å². The number of benzene rings is 1. The summed E-state index contributed by atoms with van der Waals surface area (Å²) in [5.41, 5.74) is 1.15. The number of aromatic nitrogens is 2. The Kier molecular flexibility index (Phi) is 6.08. The van der Waals surface area contributed by atoms with Crippen molar-refractivity contribution in [2.45, 2.75) is 6.92 Å². The molecule has 1 aliphatic heterocycles. The minimum Gasteiger partial charge on any atom is -0.493 e. The third-order valence-corrected chi connectivity index (χ3v) is 4.65. The zero-order valence-electron chi connectivity index (χ0n) is 15.9. The highest BCUT2D eigenvalue weighted by Gasteiger charge is 2.22. The molecule has 3 rings (SSSR count). The molecular weight excluding hydrogens is 346 g/mol. The number of piperazine rings is 1. The van der Waals surface area contributed by atoms with Crippen molar-refractivity contribution in [2.75, 3.05) is 52.3 Å². The number of carbonyl (C=O) groups is 1. The van der Waals surface area contributed by atoms with Gasteiger partial charge in [-0.05, 0) is 30.8 Å². The number of nitrogens with one attached hydrogen (secondary N) is 1. The van der Waals surface area contributed by atoms with Crippen molar-refractivity contribution in [3.63, 3.8) is 0 Å². The lowest BCUT2D eigenvalue weighted by atomic mass is 10.2. The monoisotopic (exact) mass is 371 g/mol. The van der Waals surface area contributed by atoms with Crippen LogP contribution in [0.2, 0.25) is 0 Å². The summed E-state index contributed by atoms with van der Waals surface area (Å²) < 4.78 is 10.5. The third-order valence-electron chi connectivity index (χ3n) is 4.65. The quantitative estimate of drug-likeness (QED) is 0.832. The number of hydrogen-bond donors (Lipinski definition) is 1. The maximum Gasteiger partial charge on any atom is 0.274 e. The van der Waals surface area contributed by atoms with E-state index in [0.717, 1.165) is 38.4 Å². The summed E-state index contributed by atoms with van der Waals surface area (Å²) in [4.78, 5) is 16.7. The van der Waals surface area contributed by atoms with Crippen molar-refractivity contribution in [3.05, 3.63) is 36.0 Å². The molecule has 1 saturated heterocycles. The summed E-state index contributed by atoms with van der Waals surface area (Å²) in [6.07, 6.45) is 0. The smallest absolute Gasteiger partial charge is 0.274 e. The number of methoxy groups -OCH3 is 2. The predicted molar refractivity (Wildman–Crippen MR) is 103 cm³/mol. The average molecular weight is 371 g/mol. The van der Waals surface area contributed by atoms with E-state index in [-0.39, 0.29) is 5.91 Å². The van der Waals surface area contributed by atoms with Gasteiger partial charge in [0.2, 0.25) is 0 Å². The van der Waals surface area contributed by atoms with E-state index in [1.807, 2.05) is 23.1 Å². The number of rotatable bonds is 6. The van der Waals surface area contributed by atoms with Crippen LogP contribution in [0.15, 0.2) is 30.3 Å². The van der Waals surface area contributed by atoms with Crippen LogP contribution < -0.4 is 14.8 Å². The van der Waals surface area contributed by atoms with E-state index in [4.69, 9.17) is 9.47 Å². The van der Waals surface area contributed by atoms with Gasteiger partial charge in [0.25, 0.3) is 5.91 Å². The molecule has 0 atom stereocenters. The zero-order valence-corrected chi connectivity index (χ0v) is 15.9. The Morgan fingerprint density at radius 1 is 1.04 bits per heavy atom. The largest absolute Gasteiger partial charge is 0.493 e. The molecule has 1 amide bonds. The standard InChI is InChI=1S/C19H25N5O3/c1-4-23-9-11-24(12-10-23)19(25)15-6-8-18(22-21-15)20-14-5-7-16(26-2)17(13-14)27-3/h5-8,13H,4,9-12H2,1-3H3,(H,20,22). The maximum absolute atomic E-state index is 12.6. The van der Waals surface area contributed by atoms with Crippen molar-refractivity contribution >= 4 is 17.4 Å². The SMILES string of the molecule is CCN1CCN(C(=O)c2ccc(Nc3ccc(OC)c(OC)c3)nn2)CC1. The second-order valence-electron chi connectivity index (χ2n) is 6.23. The predicted octanol–water partition coefficient (Wildman–Crippen LogP) is 2.02. The highest BCUT2D eigenvalue weighted by molar-refractivity contribution is 5.92. The summed E-state index contributed by atoms with van der Waals surface area (Å²) in [6, 6.07) is 8.92. The van der Waals surface area contributed by atoms with Gasteiger partial charge in [-0.15, -0.1) is 10.2 Å². The zero-order chi connectivity index (χ0) is 19.2. The first-order valence-electron chi connectivity index (χ1n) is 8.99. The summed E-state index contributed by atoms with van der Waals surface area (Å²) in [5, 5.41) is 11.4. The fourth-order valence-corrected chi connectivity index (χ4v) is 3.00. The van der Waals surface area contributed by atoms with Crippen LogP contribution in [0.4, 0.5) is 11.5 Å². The molecule has 2 heterocycles. The van der Waals surface area contributed by atoms with Crippen LogP contribution in [-0.2, 0) is 0 Å². The summed E-state index contributed by atoms with van der Waals surface area (Å²) in [5.74, 6) is 1.75. The number of amides is 1. The molecule has 1 aromatic carbocycles. The molecular formula is C19H25N5O3. The van der Waals surface area contributed by atoms with Gasteiger partial charge in [0.05, 0.1) is 14.2 Å². The Bertz CT molecular complexity index is 773. The van der Waals surface area contributed by atoms with Gasteiger partial charge in [-0.3, -0.25) is 4.79 Å². The average Bonchev–Trinajstić information content (AvgIpc) is 2.73. The number of anilines is 2. The van der Waals surface area contributed by atoms with Crippen LogP contribution in [0.5, 0.6) is 11.5 Å². The number of nitrogens with zero attached hydrogens (tertiary/aromatic N) is 4. The van der Waals surface area contributed by atoms with Gasteiger partial charge in [0, 0.05) is 37.9 Å². The molecule has 0 bridgehead atoms. The van der Waals surface area contributed by atoms with Crippen LogP contribution in [0.1, 0.15) is 17.4 Å². The first kappa shape index (κ1) is 18.9. The fourth-order valence-electron chi connectivity index (χ4n) is 3.00. The molecule has 8 heteroatoms. The van der Waals surface area contributed by atoms with Gasteiger partial charge < -0.3 is 24.6 Å². The van der Waals surface area contributed by atoms with Gasteiger partial charge in [-0.1, -0.05) is 6.92 Å². The van der Waals surface area contributed by atoms with Crippen molar-refractivity contribution in [3.8, 4) is 11.5 Å². The van der Waals surface area contributed by atoms with Crippen LogP contribution in [0.25, 0.3) is 0 Å². The Morgan fingerprint density at radius 3 is 2.37 bits per heavy atom. The van der Waals surface area contributed by atoms with Gasteiger partial charge in [-0.25, -0.2) is 0 Å². The molecule has 0 unspecified atom stereocenters. The minimum absolute atomic E-state index is 0.0732. The van der Waals surface area contributed by atoms with E-state index in [1.54, 1.807) is 26.4 Å². The molecule has 1 N–H and O–H groups in total. The van der Waals surface area contributed by atoms with Gasteiger partial charge >= 0.3 is 0 Å². The fraction of sp³-hybridized carbons (Fsp3) is 0.421. The molecule has 0 aliphatic carbocycles. The normalized spacial score (nSPS) is 14.7. The van der Waals surface area contributed by atoms with E-state index >= 15 is 0 Å². The molecule has 1 aromatic heterocycles. The second-order valence-corrected chi connectivity index (χ2v) is 6.23. The summed E-state index contributed by atoms with van der Waals surface area (Å²) in [7, 11) is 3.18.